The standard InChI is InChI=1S/C11H8BrNO2S/c1-6(7-3-2-4-8(12)5-7)9-10(14)13-11(15)16-9/h2-5H,1H3,(H,13,14,15)/b9-6+. The number of nitrogens with one attached hydrogen (secondary N) is 1. The lowest BCUT2D eigenvalue weighted by Gasteiger charge is -2.03. The van der Waals surface area contributed by atoms with E-state index in [4.69, 9.17) is 0 Å². The molecule has 0 aromatic heterocycles. The molecule has 1 aliphatic rings. The zero-order valence-corrected chi connectivity index (χ0v) is 10.8. The quantitative estimate of drug-likeness (QED) is 0.810. The fourth-order valence-corrected chi connectivity index (χ4v) is 2.56. The lowest BCUT2D eigenvalue weighted by Crippen LogP contribution is -2.18. The lowest BCUT2D eigenvalue weighted by atomic mass is 10.1. The molecule has 3 nitrogen and oxygen atoms in total. The summed E-state index contributed by atoms with van der Waals surface area (Å²) in [5.41, 5.74) is 1.75. The number of thioether (sulfide) groups is 1. The third kappa shape index (κ3) is 2.20. The number of imide groups is 1. The van der Waals surface area contributed by atoms with E-state index in [0.29, 0.717) is 4.91 Å². The molecule has 5 heteroatoms. The Morgan fingerprint density at radius 1 is 1.38 bits per heavy atom. The molecule has 0 bridgehead atoms. The number of carbonyl (C=O) groups is 2. The van der Waals surface area contributed by atoms with Crippen LogP contribution in [0.1, 0.15) is 12.5 Å². The minimum atomic E-state index is -0.313. The summed E-state index contributed by atoms with van der Waals surface area (Å²) in [4.78, 5) is 23.0. The minimum Gasteiger partial charge on any atom is -0.282 e. The Labute approximate surface area is 105 Å². The predicted molar refractivity (Wildman–Crippen MR) is 67.9 cm³/mol. The van der Waals surface area contributed by atoms with Gasteiger partial charge in [-0.15, -0.1) is 0 Å². The van der Waals surface area contributed by atoms with Gasteiger partial charge < -0.3 is 0 Å². The zero-order chi connectivity index (χ0) is 11.7. The van der Waals surface area contributed by atoms with E-state index in [2.05, 4.69) is 21.2 Å². The van der Waals surface area contributed by atoms with Crippen LogP contribution < -0.4 is 5.32 Å². The highest BCUT2D eigenvalue weighted by molar-refractivity contribution is 9.10. The van der Waals surface area contributed by atoms with Crippen molar-refractivity contribution in [2.75, 3.05) is 0 Å². The number of hydrogen-bond donors (Lipinski definition) is 1. The second-order valence-electron chi connectivity index (χ2n) is 3.31. The van der Waals surface area contributed by atoms with Crippen molar-refractivity contribution in [2.45, 2.75) is 6.92 Å². The Balaban J connectivity index is 2.45. The Bertz CT molecular complexity index is 510. The summed E-state index contributed by atoms with van der Waals surface area (Å²) in [6.07, 6.45) is 0. The van der Waals surface area contributed by atoms with Crippen molar-refractivity contribution in [3.05, 3.63) is 39.2 Å². The number of hydrogen-bond acceptors (Lipinski definition) is 3. The van der Waals surface area contributed by atoms with Gasteiger partial charge >= 0.3 is 0 Å². The van der Waals surface area contributed by atoms with Crippen molar-refractivity contribution in [1.82, 2.24) is 5.32 Å². The molecule has 1 fully saturated rings. The van der Waals surface area contributed by atoms with Crippen molar-refractivity contribution < 1.29 is 9.59 Å². The predicted octanol–water partition coefficient (Wildman–Crippen LogP) is 3.16. The Hall–Kier alpha value is -1.07. The van der Waals surface area contributed by atoms with E-state index in [1.54, 1.807) is 0 Å². The minimum absolute atomic E-state index is 0.311. The maximum absolute atomic E-state index is 11.5. The average molecular weight is 298 g/mol. The third-order valence-electron chi connectivity index (χ3n) is 2.21. The molecule has 0 saturated carbocycles. The van der Waals surface area contributed by atoms with Crippen LogP contribution in [0.4, 0.5) is 4.79 Å². The van der Waals surface area contributed by atoms with Gasteiger partial charge in [-0.2, -0.15) is 0 Å². The molecule has 0 aliphatic carbocycles. The number of allylic oxidation sites excluding steroid dienone is 1. The smallest absolute Gasteiger partial charge is 0.282 e. The summed E-state index contributed by atoms with van der Waals surface area (Å²) in [5.74, 6) is -0.313. The first kappa shape index (κ1) is 11.4. The van der Waals surface area contributed by atoms with E-state index >= 15 is 0 Å². The molecule has 2 rings (SSSR count). The molecular formula is C11H8BrNO2S. The summed E-state index contributed by atoms with van der Waals surface area (Å²) in [6.45, 7) is 1.84. The van der Waals surface area contributed by atoms with Crippen LogP contribution >= 0.6 is 27.7 Å². The van der Waals surface area contributed by atoms with Gasteiger partial charge in [0.05, 0.1) is 4.91 Å². The van der Waals surface area contributed by atoms with Gasteiger partial charge in [0.25, 0.3) is 11.1 Å². The molecule has 0 unspecified atom stereocenters. The van der Waals surface area contributed by atoms with Crippen molar-refractivity contribution in [3.63, 3.8) is 0 Å². The van der Waals surface area contributed by atoms with Crippen molar-refractivity contribution >= 4 is 44.4 Å². The van der Waals surface area contributed by atoms with E-state index in [0.717, 1.165) is 27.4 Å². The third-order valence-corrected chi connectivity index (χ3v) is 3.69. The van der Waals surface area contributed by atoms with Crippen LogP contribution in [-0.4, -0.2) is 11.1 Å². The van der Waals surface area contributed by atoms with Gasteiger partial charge in [0, 0.05) is 4.47 Å². The Kier molecular flexibility index (Phi) is 3.16. The van der Waals surface area contributed by atoms with Gasteiger partial charge in [-0.3, -0.25) is 14.9 Å². The SMILES string of the molecule is C/C(=C1\SC(=O)NC1=O)c1cccc(Br)c1. The maximum Gasteiger partial charge on any atom is 0.290 e. The molecule has 16 heavy (non-hydrogen) atoms. The van der Waals surface area contributed by atoms with Crippen molar-refractivity contribution in [1.29, 1.82) is 0 Å². The first-order chi connectivity index (χ1) is 7.58. The largest absolute Gasteiger partial charge is 0.290 e. The van der Waals surface area contributed by atoms with Crippen LogP contribution in [0.25, 0.3) is 5.57 Å². The molecule has 0 atom stereocenters. The summed E-state index contributed by atoms with van der Waals surface area (Å²) in [5, 5.41) is 1.94. The zero-order valence-electron chi connectivity index (χ0n) is 8.41. The number of rotatable bonds is 1. The molecule has 1 heterocycles. The summed E-state index contributed by atoms with van der Waals surface area (Å²) < 4.78 is 0.944. The molecule has 1 N–H and O–H groups in total. The Morgan fingerprint density at radius 2 is 2.12 bits per heavy atom. The molecule has 1 aliphatic heterocycles. The molecule has 82 valence electrons. The fraction of sp³-hybridized carbons (Fsp3) is 0.0909. The molecule has 1 aromatic rings. The lowest BCUT2D eigenvalue weighted by molar-refractivity contribution is -0.115. The molecular weight excluding hydrogens is 290 g/mol. The summed E-state index contributed by atoms with van der Waals surface area (Å²) >= 11 is 4.32. The van der Waals surface area contributed by atoms with Crippen LogP contribution in [0.3, 0.4) is 0 Å². The van der Waals surface area contributed by atoms with Gasteiger partial charge in [0.15, 0.2) is 0 Å². The first-order valence-corrected chi connectivity index (χ1v) is 6.19. The van der Waals surface area contributed by atoms with Gasteiger partial charge in [-0.05, 0) is 42.0 Å². The van der Waals surface area contributed by atoms with Crippen molar-refractivity contribution in [3.8, 4) is 0 Å². The van der Waals surface area contributed by atoms with Gasteiger partial charge in [0.2, 0.25) is 0 Å². The number of halogens is 1. The second-order valence-corrected chi connectivity index (χ2v) is 5.21. The topological polar surface area (TPSA) is 46.2 Å². The highest BCUT2D eigenvalue weighted by Crippen LogP contribution is 2.32. The number of carbonyl (C=O) groups excluding carboxylic acids is 2. The highest BCUT2D eigenvalue weighted by atomic mass is 79.9. The van der Waals surface area contributed by atoms with Gasteiger partial charge in [-0.1, -0.05) is 28.1 Å². The van der Waals surface area contributed by atoms with Crippen LogP contribution in [0.15, 0.2) is 33.6 Å². The van der Waals surface area contributed by atoms with Gasteiger partial charge in [0.1, 0.15) is 0 Å². The van der Waals surface area contributed by atoms with E-state index in [9.17, 15) is 9.59 Å². The number of amides is 2. The second kappa shape index (κ2) is 4.43. The monoisotopic (exact) mass is 297 g/mol. The van der Waals surface area contributed by atoms with E-state index in [1.807, 2.05) is 31.2 Å². The fourth-order valence-electron chi connectivity index (χ4n) is 1.41. The summed E-state index contributed by atoms with van der Waals surface area (Å²) in [7, 11) is 0. The van der Waals surface area contributed by atoms with Crippen molar-refractivity contribution in [2.24, 2.45) is 0 Å². The van der Waals surface area contributed by atoms with Crippen LogP contribution in [-0.2, 0) is 4.79 Å². The molecule has 1 saturated heterocycles. The first-order valence-electron chi connectivity index (χ1n) is 4.58. The van der Waals surface area contributed by atoms with E-state index < -0.39 is 0 Å². The normalized spacial score (nSPS) is 18.6. The molecule has 0 radical (unpaired) electrons. The van der Waals surface area contributed by atoms with E-state index in [-0.39, 0.29) is 11.1 Å². The molecule has 2 amide bonds. The van der Waals surface area contributed by atoms with Gasteiger partial charge in [-0.25, -0.2) is 0 Å². The summed E-state index contributed by atoms with van der Waals surface area (Å²) in [6, 6.07) is 7.62. The van der Waals surface area contributed by atoms with Crippen LogP contribution in [0.5, 0.6) is 0 Å². The Morgan fingerprint density at radius 3 is 2.69 bits per heavy atom. The molecule has 0 spiro atoms. The van der Waals surface area contributed by atoms with E-state index in [1.165, 1.54) is 0 Å². The molecule has 1 aromatic carbocycles. The number of benzene rings is 1. The highest BCUT2D eigenvalue weighted by Gasteiger charge is 2.27. The average Bonchev–Trinajstić information content (AvgIpc) is 2.57. The van der Waals surface area contributed by atoms with Crippen LogP contribution in [0.2, 0.25) is 0 Å². The maximum atomic E-state index is 11.5. The van der Waals surface area contributed by atoms with Crippen LogP contribution in [0, 0.1) is 0 Å².